The molecule has 0 saturated heterocycles. The second kappa shape index (κ2) is 8.99. The minimum absolute atomic E-state index is 0.353. The number of nitrogens with one attached hydrogen (secondary N) is 1. The number of rotatable bonds is 8. The third kappa shape index (κ3) is 5.85. The number of halogens is 2. The molecule has 0 aliphatic heterocycles. The Kier molecular flexibility index (Phi) is 8.05. The molecule has 108 valence electrons. The predicted octanol–water partition coefficient (Wildman–Crippen LogP) is 5.97. The Balaban J connectivity index is 2.85. The van der Waals surface area contributed by atoms with Crippen LogP contribution in [0, 0.1) is 5.92 Å². The zero-order valence-electron chi connectivity index (χ0n) is 12.2. The van der Waals surface area contributed by atoms with Gasteiger partial charge in [-0.15, -0.1) is 0 Å². The van der Waals surface area contributed by atoms with Gasteiger partial charge in [-0.05, 0) is 49.1 Å². The molecule has 0 amide bonds. The Morgan fingerprint density at radius 1 is 1.26 bits per heavy atom. The lowest BCUT2D eigenvalue weighted by Gasteiger charge is -2.23. The quantitative estimate of drug-likeness (QED) is 0.611. The van der Waals surface area contributed by atoms with Crippen molar-refractivity contribution < 1.29 is 0 Å². The Bertz CT molecular complexity index is 381. The molecule has 0 radical (unpaired) electrons. The van der Waals surface area contributed by atoms with Gasteiger partial charge in [0.2, 0.25) is 0 Å². The van der Waals surface area contributed by atoms with Crippen LogP contribution in [0.15, 0.2) is 22.7 Å². The molecule has 1 N–H and O–H groups in total. The standard InChI is InChI=1S/C16H25BrClN/c1-4-6-12(3)10-16(19-9-5-2)14-11-13(17)7-8-15(14)18/h7-8,11-12,16,19H,4-6,9-10H2,1-3H3. The molecule has 0 bridgehead atoms. The molecule has 0 aliphatic carbocycles. The Labute approximate surface area is 131 Å². The maximum atomic E-state index is 6.37. The van der Waals surface area contributed by atoms with Crippen LogP contribution in [0.2, 0.25) is 5.02 Å². The van der Waals surface area contributed by atoms with E-state index in [-0.39, 0.29) is 0 Å². The summed E-state index contributed by atoms with van der Waals surface area (Å²) in [7, 11) is 0. The Morgan fingerprint density at radius 2 is 2.00 bits per heavy atom. The molecule has 2 atom stereocenters. The monoisotopic (exact) mass is 345 g/mol. The van der Waals surface area contributed by atoms with Gasteiger partial charge in [0.1, 0.15) is 0 Å². The van der Waals surface area contributed by atoms with E-state index in [1.54, 1.807) is 0 Å². The minimum Gasteiger partial charge on any atom is -0.310 e. The fraction of sp³-hybridized carbons (Fsp3) is 0.625. The number of benzene rings is 1. The van der Waals surface area contributed by atoms with Gasteiger partial charge in [0.15, 0.2) is 0 Å². The summed E-state index contributed by atoms with van der Waals surface area (Å²) in [6.45, 7) is 7.81. The fourth-order valence-electron chi connectivity index (χ4n) is 2.43. The second-order valence-corrected chi connectivity index (χ2v) is 6.62. The van der Waals surface area contributed by atoms with Crippen LogP contribution in [0.3, 0.4) is 0 Å². The molecular weight excluding hydrogens is 322 g/mol. The molecule has 0 spiro atoms. The summed E-state index contributed by atoms with van der Waals surface area (Å²) in [5.74, 6) is 0.717. The highest BCUT2D eigenvalue weighted by atomic mass is 79.9. The van der Waals surface area contributed by atoms with Gasteiger partial charge in [-0.1, -0.05) is 61.1 Å². The lowest BCUT2D eigenvalue weighted by molar-refractivity contribution is 0.390. The highest BCUT2D eigenvalue weighted by Crippen LogP contribution is 2.31. The molecule has 0 aromatic heterocycles. The molecule has 1 aromatic carbocycles. The Morgan fingerprint density at radius 3 is 2.63 bits per heavy atom. The molecule has 0 saturated carbocycles. The lowest BCUT2D eigenvalue weighted by Crippen LogP contribution is -2.24. The van der Waals surface area contributed by atoms with Gasteiger partial charge < -0.3 is 5.32 Å². The number of hydrogen-bond donors (Lipinski definition) is 1. The average molecular weight is 347 g/mol. The Hall–Kier alpha value is -0.0500. The summed E-state index contributed by atoms with van der Waals surface area (Å²) in [5.41, 5.74) is 1.22. The molecule has 1 rings (SSSR count). The van der Waals surface area contributed by atoms with Gasteiger partial charge in [0.05, 0.1) is 0 Å². The van der Waals surface area contributed by atoms with E-state index in [9.17, 15) is 0 Å². The van der Waals surface area contributed by atoms with Crippen LogP contribution >= 0.6 is 27.5 Å². The molecule has 0 fully saturated rings. The normalized spacial score (nSPS) is 14.4. The van der Waals surface area contributed by atoms with E-state index < -0.39 is 0 Å². The van der Waals surface area contributed by atoms with Crippen molar-refractivity contribution in [1.29, 1.82) is 0 Å². The van der Waals surface area contributed by atoms with Crippen molar-refractivity contribution in [2.24, 2.45) is 5.92 Å². The predicted molar refractivity (Wildman–Crippen MR) is 88.9 cm³/mol. The van der Waals surface area contributed by atoms with E-state index in [2.05, 4.69) is 48.1 Å². The van der Waals surface area contributed by atoms with E-state index in [1.165, 1.54) is 18.4 Å². The van der Waals surface area contributed by atoms with Gasteiger partial charge in [0, 0.05) is 15.5 Å². The van der Waals surface area contributed by atoms with Crippen LogP contribution in [-0.4, -0.2) is 6.54 Å². The van der Waals surface area contributed by atoms with E-state index in [0.29, 0.717) is 6.04 Å². The number of hydrogen-bond acceptors (Lipinski definition) is 1. The van der Waals surface area contributed by atoms with Crippen molar-refractivity contribution in [3.05, 3.63) is 33.3 Å². The first-order valence-corrected chi connectivity index (χ1v) is 8.43. The first-order valence-electron chi connectivity index (χ1n) is 7.26. The van der Waals surface area contributed by atoms with Crippen molar-refractivity contribution in [2.75, 3.05) is 6.54 Å². The molecule has 1 aromatic rings. The zero-order valence-corrected chi connectivity index (χ0v) is 14.5. The largest absolute Gasteiger partial charge is 0.310 e. The topological polar surface area (TPSA) is 12.0 Å². The van der Waals surface area contributed by atoms with Crippen LogP contribution < -0.4 is 5.32 Å². The average Bonchev–Trinajstić information content (AvgIpc) is 2.38. The van der Waals surface area contributed by atoms with E-state index in [4.69, 9.17) is 11.6 Å². The van der Waals surface area contributed by atoms with Crippen molar-refractivity contribution in [3.8, 4) is 0 Å². The molecule has 0 aliphatic rings. The molecule has 19 heavy (non-hydrogen) atoms. The second-order valence-electron chi connectivity index (χ2n) is 5.30. The highest BCUT2D eigenvalue weighted by molar-refractivity contribution is 9.10. The summed E-state index contributed by atoms with van der Waals surface area (Å²) < 4.78 is 1.10. The van der Waals surface area contributed by atoms with Crippen molar-refractivity contribution in [2.45, 2.75) is 52.5 Å². The van der Waals surface area contributed by atoms with Crippen LogP contribution in [0.25, 0.3) is 0 Å². The minimum atomic E-state index is 0.353. The summed E-state index contributed by atoms with van der Waals surface area (Å²) in [6, 6.07) is 6.48. The maximum Gasteiger partial charge on any atom is 0.0454 e. The van der Waals surface area contributed by atoms with Gasteiger partial charge >= 0.3 is 0 Å². The van der Waals surface area contributed by atoms with E-state index in [0.717, 1.165) is 34.8 Å². The summed E-state index contributed by atoms with van der Waals surface area (Å²) in [6.07, 6.45) is 4.80. The third-order valence-electron chi connectivity index (χ3n) is 3.39. The van der Waals surface area contributed by atoms with Gasteiger partial charge in [-0.25, -0.2) is 0 Å². The maximum absolute atomic E-state index is 6.37. The van der Waals surface area contributed by atoms with E-state index >= 15 is 0 Å². The van der Waals surface area contributed by atoms with Crippen LogP contribution in [0.4, 0.5) is 0 Å². The van der Waals surface area contributed by atoms with Crippen molar-refractivity contribution >= 4 is 27.5 Å². The molecular formula is C16H25BrClN. The van der Waals surface area contributed by atoms with Gasteiger partial charge in [-0.2, -0.15) is 0 Å². The van der Waals surface area contributed by atoms with Gasteiger partial charge in [0.25, 0.3) is 0 Å². The molecule has 0 heterocycles. The summed E-state index contributed by atoms with van der Waals surface area (Å²) in [4.78, 5) is 0. The lowest BCUT2D eigenvalue weighted by atomic mass is 9.93. The van der Waals surface area contributed by atoms with Crippen molar-refractivity contribution in [1.82, 2.24) is 5.32 Å². The van der Waals surface area contributed by atoms with Gasteiger partial charge in [-0.3, -0.25) is 0 Å². The summed E-state index contributed by atoms with van der Waals surface area (Å²) >= 11 is 9.91. The van der Waals surface area contributed by atoms with Crippen LogP contribution in [0.5, 0.6) is 0 Å². The molecule has 1 nitrogen and oxygen atoms in total. The van der Waals surface area contributed by atoms with Crippen LogP contribution in [0.1, 0.15) is 58.1 Å². The van der Waals surface area contributed by atoms with E-state index in [1.807, 2.05) is 12.1 Å². The SMILES string of the molecule is CCCNC(CC(C)CCC)c1cc(Br)ccc1Cl. The molecule has 2 unspecified atom stereocenters. The smallest absolute Gasteiger partial charge is 0.0454 e. The molecule has 3 heteroatoms. The van der Waals surface area contributed by atoms with Crippen LogP contribution in [-0.2, 0) is 0 Å². The first kappa shape index (κ1) is 17.0. The highest BCUT2D eigenvalue weighted by Gasteiger charge is 2.17. The summed E-state index contributed by atoms with van der Waals surface area (Å²) in [5, 5.41) is 4.50. The fourth-order valence-corrected chi connectivity index (χ4v) is 3.06. The van der Waals surface area contributed by atoms with Crippen molar-refractivity contribution in [3.63, 3.8) is 0 Å². The zero-order chi connectivity index (χ0) is 14.3. The third-order valence-corrected chi connectivity index (χ3v) is 4.23. The first-order chi connectivity index (χ1) is 9.08.